The molecule has 1 aromatic carbocycles. The Hall–Kier alpha value is -2.15. The highest BCUT2D eigenvalue weighted by atomic mass is 32.2. The summed E-state index contributed by atoms with van der Waals surface area (Å²) in [6, 6.07) is 4.88. The Bertz CT molecular complexity index is 887. The maximum absolute atomic E-state index is 14.3. The summed E-state index contributed by atoms with van der Waals surface area (Å²) < 4.78 is 45.0. The Morgan fingerprint density at radius 1 is 1.17 bits per heavy atom. The third kappa shape index (κ3) is 3.44. The van der Waals surface area contributed by atoms with Crippen molar-refractivity contribution in [1.29, 1.82) is 0 Å². The molecule has 0 spiro atoms. The molecule has 23 heavy (non-hydrogen) atoms. The second-order valence-electron chi connectivity index (χ2n) is 4.98. The predicted molar refractivity (Wildman–Crippen MR) is 86.0 cm³/mol. The molecule has 0 atom stereocenters. The zero-order valence-electron chi connectivity index (χ0n) is 13.2. The molecule has 0 saturated carbocycles. The van der Waals surface area contributed by atoms with Gasteiger partial charge in [-0.25, -0.2) is 12.8 Å². The summed E-state index contributed by atoms with van der Waals surface area (Å²) >= 11 is 0. The van der Waals surface area contributed by atoms with Gasteiger partial charge in [-0.1, -0.05) is 6.92 Å². The van der Waals surface area contributed by atoms with E-state index in [4.69, 9.17) is 4.74 Å². The quantitative estimate of drug-likeness (QED) is 0.785. The van der Waals surface area contributed by atoms with E-state index in [1.54, 1.807) is 6.92 Å². The van der Waals surface area contributed by atoms with Gasteiger partial charge in [0.25, 0.3) is 5.56 Å². The summed E-state index contributed by atoms with van der Waals surface area (Å²) in [4.78, 5) is 11.8. The Morgan fingerprint density at radius 2 is 1.87 bits per heavy atom. The molecular formula is C16H18FNO4S. The first-order valence-electron chi connectivity index (χ1n) is 7.16. The van der Waals surface area contributed by atoms with Crippen LogP contribution in [0.15, 0.2) is 40.2 Å². The highest BCUT2D eigenvalue weighted by Gasteiger charge is 2.18. The molecule has 0 aliphatic carbocycles. The molecule has 5 nitrogen and oxygen atoms in total. The van der Waals surface area contributed by atoms with Crippen molar-refractivity contribution < 1.29 is 17.5 Å². The Kier molecular flexibility index (Phi) is 4.89. The fraction of sp³-hybridized carbons (Fsp3) is 0.312. The molecule has 1 aromatic heterocycles. The summed E-state index contributed by atoms with van der Waals surface area (Å²) in [6.45, 7) is 3.57. The van der Waals surface area contributed by atoms with E-state index in [-0.39, 0.29) is 27.5 Å². The molecule has 7 heteroatoms. The summed E-state index contributed by atoms with van der Waals surface area (Å²) in [5, 5.41) is 0. The van der Waals surface area contributed by atoms with Crippen LogP contribution in [0.1, 0.15) is 13.8 Å². The van der Waals surface area contributed by atoms with E-state index in [2.05, 4.69) is 0 Å². The first-order chi connectivity index (χ1) is 10.8. The van der Waals surface area contributed by atoms with E-state index in [0.29, 0.717) is 12.2 Å². The van der Waals surface area contributed by atoms with Crippen molar-refractivity contribution in [3.63, 3.8) is 0 Å². The molecule has 0 radical (unpaired) electrons. The zero-order chi connectivity index (χ0) is 17.2. The predicted octanol–water partition coefficient (Wildman–Crippen LogP) is 2.38. The van der Waals surface area contributed by atoms with Crippen LogP contribution in [0.25, 0.3) is 11.1 Å². The van der Waals surface area contributed by atoms with Gasteiger partial charge in [0.1, 0.15) is 11.6 Å². The number of benzene rings is 1. The molecule has 0 N–H and O–H groups in total. The van der Waals surface area contributed by atoms with Crippen LogP contribution in [0.3, 0.4) is 0 Å². The van der Waals surface area contributed by atoms with E-state index in [1.165, 1.54) is 42.9 Å². The lowest BCUT2D eigenvalue weighted by molar-refractivity contribution is 0.340. The third-order valence-corrected chi connectivity index (χ3v) is 5.19. The van der Waals surface area contributed by atoms with Crippen LogP contribution < -0.4 is 10.3 Å². The SMILES string of the molecule is CCOc1cc(=O)n(C)cc1-c1cc(S(=O)(=O)CC)ccc1F. The fourth-order valence-corrected chi connectivity index (χ4v) is 3.07. The van der Waals surface area contributed by atoms with Crippen molar-refractivity contribution >= 4 is 9.84 Å². The molecule has 0 bridgehead atoms. The molecule has 0 saturated heterocycles. The van der Waals surface area contributed by atoms with Gasteiger partial charge in [-0.2, -0.15) is 0 Å². The van der Waals surface area contributed by atoms with Crippen LogP contribution in [-0.2, 0) is 16.9 Å². The molecule has 0 aliphatic rings. The number of halogens is 1. The molecule has 0 unspecified atom stereocenters. The number of aromatic nitrogens is 1. The molecule has 1 heterocycles. The topological polar surface area (TPSA) is 65.4 Å². The standard InChI is InChI=1S/C16H18FNO4S/c1-4-22-15-9-16(19)18(3)10-13(15)12-8-11(6-7-14(12)17)23(20,21)5-2/h6-10H,4-5H2,1-3H3. The molecule has 0 amide bonds. The van der Waals surface area contributed by atoms with Gasteiger partial charge in [-0.15, -0.1) is 0 Å². The Labute approximate surface area is 134 Å². The second kappa shape index (κ2) is 6.54. The van der Waals surface area contributed by atoms with Gasteiger partial charge in [-0.3, -0.25) is 4.79 Å². The Balaban J connectivity index is 2.73. The van der Waals surface area contributed by atoms with E-state index >= 15 is 0 Å². The maximum Gasteiger partial charge on any atom is 0.254 e. The molecule has 124 valence electrons. The smallest absolute Gasteiger partial charge is 0.254 e. The lowest BCUT2D eigenvalue weighted by Gasteiger charge is -2.13. The molecule has 0 aliphatic heterocycles. The number of pyridine rings is 1. The van der Waals surface area contributed by atoms with Crippen LogP contribution in [-0.4, -0.2) is 25.3 Å². The number of hydrogen-bond donors (Lipinski definition) is 0. The molecule has 2 rings (SSSR count). The number of hydrogen-bond acceptors (Lipinski definition) is 4. The van der Waals surface area contributed by atoms with E-state index < -0.39 is 15.7 Å². The van der Waals surface area contributed by atoms with E-state index in [0.717, 1.165) is 6.07 Å². The summed E-state index contributed by atoms with van der Waals surface area (Å²) in [5.41, 5.74) is 0.119. The normalized spacial score (nSPS) is 11.5. The van der Waals surface area contributed by atoms with Crippen molar-refractivity contribution in [2.45, 2.75) is 18.7 Å². The van der Waals surface area contributed by atoms with Crippen LogP contribution in [0, 0.1) is 5.82 Å². The van der Waals surface area contributed by atoms with Crippen LogP contribution >= 0.6 is 0 Å². The van der Waals surface area contributed by atoms with Gasteiger partial charge in [-0.05, 0) is 25.1 Å². The van der Waals surface area contributed by atoms with Crippen molar-refractivity contribution in [2.75, 3.05) is 12.4 Å². The molecule has 2 aromatic rings. The third-order valence-electron chi connectivity index (χ3n) is 3.46. The number of sulfone groups is 1. The van der Waals surface area contributed by atoms with Gasteiger partial charge in [0.05, 0.1) is 17.3 Å². The number of ether oxygens (including phenoxy) is 1. The minimum Gasteiger partial charge on any atom is -0.493 e. The fourth-order valence-electron chi connectivity index (χ4n) is 2.16. The zero-order valence-corrected chi connectivity index (χ0v) is 14.0. The summed E-state index contributed by atoms with van der Waals surface area (Å²) in [5.74, 6) is -0.441. The monoisotopic (exact) mass is 339 g/mol. The lowest BCUT2D eigenvalue weighted by Crippen LogP contribution is -2.16. The average molecular weight is 339 g/mol. The molecular weight excluding hydrogens is 321 g/mol. The van der Waals surface area contributed by atoms with E-state index in [1.807, 2.05) is 0 Å². The van der Waals surface area contributed by atoms with Crippen LogP contribution in [0.4, 0.5) is 4.39 Å². The Morgan fingerprint density at radius 3 is 2.48 bits per heavy atom. The maximum atomic E-state index is 14.3. The van der Waals surface area contributed by atoms with Crippen LogP contribution in [0.2, 0.25) is 0 Å². The highest BCUT2D eigenvalue weighted by molar-refractivity contribution is 7.91. The van der Waals surface area contributed by atoms with Crippen molar-refractivity contribution in [2.24, 2.45) is 7.05 Å². The lowest BCUT2D eigenvalue weighted by atomic mass is 10.1. The van der Waals surface area contributed by atoms with Crippen molar-refractivity contribution in [3.05, 3.63) is 46.6 Å². The second-order valence-corrected chi connectivity index (χ2v) is 7.26. The van der Waals surface area contributed by atoms with Gasteiger partial charge in [0, 0.05) is 30.4 Å². The highest BCUT2D eigenvalue weighted by Crippen LogP contribution is 2.32. The van der Waals surface area contributed by atoms with Gasteiger partial charge in [0.2, 0.25) is 0 Å². The first kappa shape index (κ1) is 17.2. The average Bonchev–Trinajstić information content (AvgIpc) is 2.51. The van der Waals surface area contributed by atoms with Gasteiger partial charge < -0.3 is 9.30 Å². The van der Waals surface area contributed by atoms with Crippen LogP contribution in [0.5, 0.6) is 5.75 Å². The molecule has 0 fully saturated rings. The number of nitrogens with zero attached hydrogens (tertiary/aromatic N) is 1. The van der Waals surface area contributed by atoms with Gasteiger partial charge in [0.15, 0.2) is 9.84 Å². The number of rotatable bonds is 5. The van der Waals surface area contributed by atoms with Gasteiger partial charge >= 0.3 is 0 Å². The number of aryl methyl sites for hydroxylation is 1. The first-order valence-corrected chi connectivity index (χ1v) is 8.81. The summed E-state index contributed by atoms with van der Waals surface area (Å²) in [6.07, 6.45) is 1.44. The summed E-state index contributed by atoms with van der Waals surface area (Å²) in [7, 11) is -1.93. The largest absolute Gasteiger partial charge is 0.493 e. The minimum atomic E-state index is -3.46. The minimum absolute atomic E-state index is 0.0349. The van der Waals surface area contributed by atoms with Crippen molar-refractivity contribution in [3.8, 4) is 16.9 Å². The van der Waals surface area contributed by atoms with E-state index in [9.17, 15) is 17.6 Å². The van der Waals surface area contributed by atoms with Crippen molar-refractivity contribution in [1.82, 2.24) is 4.57 Å².